The Morgan fingerprint density at radius 3 is 1.21 bits per heavy atom. The number of aliphatic hydroxyl groups is 2. The lowest BCUT2D eigenvalue weighted by molar-refractivity contribution is -0.123. The Kier molecular flexibility index (Phi) is 47.4. The molecule has 0 radical (unpaired) electrons. The van der Waals surface area contributed by atoms with E-state index in [1.807, 2.05) is 6.08 Å². The minimum absolute atomic E-state index is 0.0740. The van der Waals surface area contributed by atoms with E-state index in [0.29, 0.717) is 6.42 Å². The van der Waals surface area contributed by atoms with Crippen LogP contribution in [0.2, 0.25) is 0 Å². The quantitative estimate of drug-likeness (QED) is 0.0424. The zero-order chi connectivity index (χ0) is 42.1. The molecule has 0 aliphatic heterocycles. The van der Waals surface area contributed by atoms with Gasteiger partial charge in [-0.3, -0.25) is 4.79 Å². The van der Waals surface area contributed by atoms with Crippen molar-refractivity contribution in [3.8, 4) is 0 Å². The fourth-order valence-electron chi connectivity index (χ4n) is 7.36. The van der Waals surface area contributed by atoms with Crippen molar-refractivity contribution in [1.82, 2.24) is 5.32 Å². The molecule has 3 N–H and O–H groups in total. The van der Waals surface area contributed by atoms with Crippen LogP contribution in [0.1, 0.15) is 245 Å². The molecule has 0 aromatic rings. The number of hydrogen-bond donors (Lipinski definition) is 3. The van der Waals surface area contributed by atoms with Crippen molar-refractivity contribution in [2.75, 3.05) is 6.61 Å². The maximum absolute atomic E-state index is 12.4. The van der Waals surface area contributed by atoms with Crippen LogP contribution in [-0.2, 0) is 4.79 Å². The Hall–Kier alpha value is -2.17. The zero-order valence-electron chi connectivity index (χ0n) is 38.5. The van der Waals surface area contributed by atoms with Gasteiger partial charge in [0.1, 0.15) is 0 Å². The molecule has 0 saturated heterocycles. The zero-order valence-corrected chi connectivity index (χ0v) is 38.5. The van der Waals surface area contributed by atoms with E-state index in [1.165, 1.54) is 167 Å². The summed E-state index contributed by atoms with van der Waals surface area (Å²) in [5, 5.41) is 23.0. The molecule has 0 aliphatic carbocycles. The van der Waals surface area contributed by atoms with Crippen molar-refractivity contribution >= 4 is 5.91 Å². The van der Waals surface area contributed by atoms with E-state index in [1.54, 1.807) is 6.08 Å². The third-order valence-corrected chi connectivity index (χ3v) is 11.2. The number of amides is 1. The van der Waals surface area contributed by atoms with Crippen LogP contribution in [-0.4, -0.2) is 34.9 Å². The van der Waals surface area contributed by atoms with Crippen molar-refractivity contribution in [3.63, 3.8) is 0 Å². The first-order valence-corrected chi connectivity index (χ1v) is 25.2. The largest absolute Gasteiger partial charge is 0.394 e. The van der Waals surface area contributed by atoms with Gasteiger partial charge in [0.2, 0.25) is 5.91 Å². The molecule has 4 nitrogen and oxygen atoms in total. The summed E-state index contributed by atoms with van der Waals surface area (Å²) in [5.74, 6) is -0.0740. The summed E-state index contributed by atoms with van der Waals surface area (Å²) in [6, 6.07) is -0.640. The van der Waals surface area contributed by atoms with Gasteiger partial charge in [0.15, 0.2) is 0 Å². The van der Waals surface area contributed by atoms with Crippen molar-refractivity contribution in [2.45, 2.75) is 257 Å². The molecule has 0 fully saturated rings. The monoisotopic (exact) mass is 808 g/mol. The first kappa shape index (κ1) is 55.8. The highest BCUT2D eigenvalue weighted by atomic mass is 16.3. The molecule has 2 atom stereocenters. The van der Waals surface area contributed by atoms with Gasteiger partial charge >= 0.3 is 0 Å². The Labute approximate surface area is 361 Å². The molecule has 58 heavy (non-hydrogen) atoms. The van der Waals surface area contributed by atoms with Gasteiger partial charge in [-0.1, -0.05) is 241 Å². The smallest absolute Gasteiger partial charge is 0.220 e. The summed E-state index contributed by atoms with van der Waals surface area (Å²) >= 11 is 0. The van der Waals surface area contributed by atoms with Gasteiger partial charge in [-0.2, -0.15) is 0 Å². The molecular formula is C54H97NO3. The number of carbonyl (C=O) groups is 1. The number of nitrogens with one attached hydrogen (secondary N) is 1. The van der Waals surface area contributed by atoms with Crippen LogP contribution >= 0.6 is 0 Å². The average molecular weight is 808 g/mol. The fraction of sp³-hybridized carbons (Fsp3) is 0.759. The average Bonchev–Trinajstić information content (AvgIpc) is 3.23. The molecule has 0 bridgehead atoms. The predicted octanol–water partition coefficient (Wildman–Crippen LogP) is 16.2. The van der Waals surface area contributed by atoms with Gasteiger partial charge in [-0.05, 0) is 70.6 Å². The number of rotatable bonds is 45. The minimum atomic E-state index is -0.863. The van der Waals surface area contributed by atoms with Crippen LogP contribution in [0.5, 0.6) is 0 Å². The van der Waals surface area contributed by atoms with Crippen molar-refractivity contribution in [3.05, 3.63) is 72.9 Å². The molecule has 2 unspecified atom stereocenters. The molecule has 0 saturated carbocycles. The molecular weight excluding hydrogens is 711 g/mol. The predicted molar refractivity (Wildman–Crippen MR) is 257 cm³/mol. The van der Waals surface area contributed by atoms with Gasteiger partial charge in [0, 0.05) is 6.42 Å². The summed E-state index contributed by atoms with van der Waals surface area (Å²) in [6.07, 6.45) is 70.4. The van der Waals surface area contributed by atoms with Crippen LogP contribution in [0.3, 0.4) is 0 Å². The Balaban J connectivity index is 3.51. The highest BCUT2D eigenvalue weighted by Gasteiger charge is 2.17. The van der Waals surface area contributed by atoms with E-state index in [0.717, 1.165) is 57.8 Å². The van der Waals surface area contributed by atoms with Gasteiger partial charge in [-0.25, -0.2) is 0 Å². The summed E-state index contributed by atoms with van der Waals surface area (Å²) in [4.78, 5) is 12.4. The topological polar surface area (TPSA) is 69.6 Å². The molecule has 4 heteroatoms. The van der Waals surface area contributed by atoms with Crippen LogP contribution in [0.15, 0.2) is 72.9 Å². The molecule has 0 aromatic heterocycles. The molecule has 336 valence electrons. The summed E-state index contributed by atoms with van der Waals surface area (Å²) < 4.78 is 0. The van der Waals surface area contributed by atoms with Crippen LogP contribution in [0.25, 0.3) is 0 Å². The second kappa shape index (κ2) is 49.2. The third-order valence-electron chi connectivity index (χ3n) is 11.2. The van der Waals surface area contributed by atoms with Crippen LogP contribution in [0.4, 0.5) is 0 Å². The third kappa shape index (κ3) is 44.9. The lowest BCUT2D eigenvalue weighted by Crippen LogP contribution is -2.45. The molecule has 1 amide bonds. The second-order valence-corrected chi connectivity index (χ2v) is 16.8. The standard InChI is InChI=1S/C54H97NO3/c1-3-5-7-9-11-13-15-17-19-20-21-22-23-24-25-26-27-28-29-30-31-32-33-34-36-38-40-42-44-46-48-50-54(58)55-52(51-56)53(57)49-47-45-43-41-39-37-35-18-16-14-12-10-8-6-4-2/h5,7,11,13,17,19,21-22,39,41,47,49,52-53,56-57H,3-4,6,8-10,12,14-16,18,20,23-38,40,42-46,48,50-51H2,1-2H3,(H,55,58)/b7-5-,13-11-,19-17-,22-21-,41-39+,49-47+. The summed E-state index contributed by atoms with van der Waals surface area (Å²) in [6.45, 7) is 4.18. The van der Waals surface area contributed by atoms with Gasteiger partial charge in [0.25, 0.3) is 0 Å². The van der Waals surface area contributed by atoms with Crippen LogP contribution < -0.4 is 5.32 Å². The SMILES string of the molecule is CC/C=C\C/C=C\C/C=C\C/C=C\CCCCCCCCCCCCCCCCCCCCC(=O)NC(CO)C(O)/C=C/CC/C=C/CCCCCCCCCCC. The number of allylic oxidation sites excluding steroid dienone is 11. The first-order valence-electron chi connectivity index (χ1n) is 25.2. The van der Waals surface area contributed by atoms with E-state index >= 15 is 0 Å². The van der Waals surface area contributed by atoms with E-state index < -0.39 is 12.1 Å². The molecule has 0 spiro atoms. The molecule has 0 heterocycles. The Morgan fingerprint density at radius 2 is 0.776 bits per heavy atom. The Morgan fingerprint density at radius 1 is 0.431 bits per heavy atom. The van der Waals surface area contributed by atoms with E-state index in [2.05, 4.69) is 79.9 Å². The van der Waals surface area contributed by atoms with E-state index in [-0.39, 0.29) is 12.5 Å². The van der Waals surface area contributed by atoms with Gasteiger partial charge in [-0.15, -0.1) is 0 Å². The summed E-state index contributed by atoms with van der Waals surface area (Å²) in [7, 11) is 0. The second-order valence-electron chi connectivity index (χ2n) is 16.8. The highest BCUT2D eigenvalue weighted by Crippen LogP contribution is 2.16. The van der Waals surface area contributed by atoms with Crippen molar-refractivity contribution < 1.29 is 15.0 Å². The van der Waals surface area contributed by atoms with Gasteiger partial charge < -0.3 is 15.5 Å². The first-order chi connectivity index (χ1) is 28.7. The van der Waals surface area contributed by atoms with Crippen molar-refractivity contribution in [2.24, 2.45) is 0 Å². The van der Waals surface area contributed by atoms with Gasteiger partial charge in [0.05, 0.1) is 18.8 Å². The maximum Gasteiger partial charge on any atom is 0.220 e. The number of carbonyl (C=O) groups excluding carboxylic acids is 1. The lowest BCUT2D eigenvalue weighted by atomic mass is 10.0. The van der Waals surface area contributed by atoms with E-state index in [4.69, 9.17) is 0 Å². The highest BCUT2D eigenvalue weighted by molar-refractivity contribution is 5.76. The number of unbranched alkanes of at least 4 members (excludes halogenated alkanes) is 28. The molecule has 0 rings (SSSR count). The number of hydrogen-bond acceptors (Lipinski definition) is 3. The van der Waals surface area contributed by atoms with Crippen molar-refractivity contribution in [1.29, 1.82) is 0 Å². The number of aliphatic hydroxyl groups excluding tert-OH is 2. The minimum Gasteiger partial charge on any atom is -0.394 e. The van der Waals surface area contributed by atoms with E-state index in [9.17, 15) is 15.0 Å². The normalized spacial score (nSPS) is 13.5. The lowest BCUT2D eigenvalue weighted by Gasteiger charge is -2.19. The Bertz CT molecular complexity index is 1010. The molecule has 0 aliphatic rings. The molecule has 0 aromatic carbocycles. The summed E-state index contributed by atoms with van der Waals surface area (Å²) in [5.41, 5.74) is 0. The fourth-order valence-corrected chi connectivity index (χ4v) is 7.36. The maximum atomic E-state index is 12.4. The van der Waals surface area contributed by atoms with Crippen LogP contribution in [0, 0.1) is 0 Å².